The molecular formula is C21H34O2. The Morgan fingerprint density at radius 1 is 1.43 bits per heavy atom. The number of hydrogen-bond donors (Lipinski definition) is 1. The predicted octanol–water partition coefficient (Wildman–Crippen LogP) is 5.55. The SMILES string of the molecule is CC[C@@H](C)[C@H]1C(C)=C[C@H]2C[C@@H](C)C[C@@H](C)[C@@H]2[C@@]1(C)C(=O)/C=C/O. The first-order valence-corrected chi connectivity index (χ1v) is 9.30. The van der Waals surface area contributed by atoms with Gasteiger partial charge in [-0.05, 0) is 55.3 Å². The molecular weight excluding hydrogens is 284 g/mol. The molecule has 0 aliphatic heterocycles. The summed E-state index contributed by atoms with van der Waals surface area (Å²) in [5.74, 6) is 2.99. The zero-order valence-corrected chi connectivity index (χ0v) is 15.7. The van der Waals surface area contributed by atoms with Gasteiger partial charge in [0, 0.05) is 11.5 Å². The molecule has 130 valence electrons. The zero-order valence-electron chi connectivity index (χ0n) is 15.7. The van der Waals surface area contributed by atoms with Crippen LogP contribution >= 0.6 is 0 Å². The summed E-state index contributed by atoms with van der Waals surface area (Å²) in [6, 6.07) is 0. The average molecular weight is 319 g/mol. The van der Waals surface area contributed by atoms with E-state index in [1.165, 1.54) is 24.5 Å². The Kier molecular flexibility index (Phi) is 5.43. The molecule has 0 aromatic carbocycles. The number of carbonyl (C=O) groups is 1. The van der Waals surface area contributed by atoms with Crippen LogP contribution in [-0.2, 0) is 4.79 Å². The standard InChI is InChI=1S/C21H34O2/c1-7-14(3)19-16(5)12-17-11-13(2)10-15(4)20(17)21(19,6)18(23)8-9-22/h8-9,12-15,17,19-20,22H,7,10-11H2,1-6H3/b9-8+/t13-,14+,15+,17+,19-,20-,21-/m0/s1. The van der Waals surface area contributed by atoms with Crippen LogP contribution in [0.5, 0.6) is 0 Å². The van der Waals surface area contributed by atoms with Gasteiger partial charge in [-0.15, -0.1) is 0 Å². The van der Waals surface area contributed by atoms with Gasteiger partial charge < -0.3 is 5.11 Å². The van der Waals surface area contributed by atoms with E-state index in [0.29, 0.717) is 23.7 Å². The third kappa shape index (κ3) is 3.02. The first kappa shape index (κ1) is 18.3. The Hall–Kier alpha value is -1.05. The summed E-state index contributed by atoms with van der Waals surface area (Å²) >= 11 is 0. The van der Waals surface area contributed by atoms with Crippen molar-refractivity contribution in [2.75, 3.05) is 0 Å². The van der Waals surface area contributed by atoms with E-state index in [2.05, 4.69) is 47.6 Å². The molecule has 0 aromatic rings. The van der Waals surface area contributed by atoms with Crippen LogP contribution in [0.2, 0.25) is 0 Å². The number of fused-ring (bicyclic) bond motifs is 1. The minimum atomic E-state index is -0.405. The molecule has 1 fully saturated rings. The highest BCUT2D eigenvalue weighted by atomic mass is 16.2. The highest BCUT2D eigenvalue weighted by Crippen LogP contribution is 2.58. The van der Waals surface area contributed by atoms with E-state index in [4.69, 9.17) is 0 Å². The fourth-order valence-corrected chi connectivity index (χ4v) is 6.08. The van der Waals surface area contributed by atoms with Gasteiger partial charge in [-0.1, -0.05) is 52.7 Å². The number of rotatable bonds is 4. The lowest BCUT2D eigenvalue weighted by Gasteiger charge is -2.55. The Balaban J connectivity index is 2.58. The quantitative estimate of drug-likeness (QED) is 0.419. The molecule has 2 heteroatoms. The van der Waals surface area contributed by atoms with Gasteiger partial charge in [0.1, 0.15) is 0 Å². The Labute approximate surface area is 142 Å². The van der Waals surface area contributed by atoms with Gasteiger partial charge >= 0.3 is 0 Å². The normalized spacial score (nSPS) is 42.2. The van der Waals surface area contributed by atoms with Crippen LogP contribution in [0.15, 0.2) is 24.0 Å². The van der Waals surface area contributed by atoms with E-state index in [-0.39, 0.29) is 11.7 Å². The van der Waals surface area contributed by atoms with Crippen molar-refractivity contribution in [2.45, 2.75) is 60.8 Å². The summed E-state index contributed by atoms with van der Waals surface area (Å²) < 4.78 is 0. The number of aliphatic hydroxyl groups excluding tert-OH is 1. The molecule has 0 bridgehead atoms. The molecule has 2 aliphatic rings. The van der Waals surface area contributed by atoms with Gasteiger partial charge in [0.05, 0.1) is 6.26 Å². The lowest BCUT2D eigenvalue weighted by atomic mass is 9.47. The Morgan fingerprint density at radius 2 is 2.09 bits per heavy atom. The fourth-order valence-electron chi connectivity index (χ4n) is 6.08. The van der Waals surface area contributed by atoms with Gasteiger partial charge in [-0.25, -0.2) is 0 Å². The molecule has 1 saturated carbocycles. The van der Waals surface area contributed by atoms with Crippen molar-refractivity contribution in [3.8, 4) is 0 Å². The van der Waals surface area contributed by atoms with Crippen LogP contribution < -0.4 is 0 Å². The molecule has 0 heterocycles. The summed E-state index contributed by atoms with van der Waals surface area (Å²) in [7, 11) is 0. The maximum absolute atomic E-state index is 13.1. The largest absolute Gasteiger partial charge is 0.515 e. The number of ketones is 1. The van der Waals surface area contributed by atoms with Crippen molar-refractivity contribution in [3.63, 3.8) is 0 Å². The van der Waals surface area contributed by atoms with Crippen LogP contribution in [0.4, 0.5) is 0 Å². The minimum absolute atomic E-state index is 0.106. The topological polar surface area (TPSA) is 37.3 Å². The van der Waals surface area contributed by atoms with Gasteiger partial charge in [-0.3, -0.25) is 4.79 Å². The van der Waals surface area contributed by atoms with E-state index < -0.39 is 5.41 Å². The number of allylic oxidation sites excluding steroid dienone is 3. The van der Waals surface area contributed by atoms with Gasteiger partial charge in [-0.2, -0.15) is 0 Å². The smallest absolute Gasteiger partial charge is 0.165 e. The van der Waals surface area contributed by atoms with E-state index in [1.807, 2.05) is 0 Å². The summed E-state index contributed by atoms with van der Waals surface area (Å²) in [4.78, 5) is 13.1. The highest BCUT2D eigenvalue weighted by molar-refractivity contribution is 5.95. The van der Waals surface area contributed by atoms with E-state index >= 15 is 0 Å². The zero-order chi connectivity index (χ0) is 17.4. The molecule has 2 rings (SSSR count). The van der Waals surface area contributed by atoms with Crippen LogP contribution in [0.25, 0.3) is 0 Å². The summed E-state index contributed by atoms with van der Waals surface area (Å²) in [6.45, 7) is 13.5. The highest BCUT2D eigenvalue weighted by Gasteiger charge is 2.55. The van der Waals surface area contributed by atoms with E-state index in [9.17, 15) is 9.90 Å². The van der Waals surface area contributed by atoms with Gasteiger partial charge in [0.25, 0.3) is 0 Å². The van der Waals surface area contributed by atoms with E-state index in [0.717, 1.165) is 18.6 Å². The van der Waals surface area contributed by atoms with Crippen LogP contribution in [-0.4, -0.2) is 10.9 Å². The molecule has 7 atom stereocenters. The average Bonchev–Trinajstić information content (AvgIpc) is 2.45. The minimum Gasteiger partial charge on any atom is -0.515 e. The molecule has 0 amide bonds. The third-order valence-corrected chi connectivity index (χ3v) is 6.80. The van der Waals surface area contributed by atoms with Crippen molar-refractivity contribution in [3.05, 3.63) is 24.0 Å². The number of aliphatic hydroxyl groups is 1. The van der Waals surface area contributed by atoms with Crippen LogP contribution in [0, 0.1) is 40.9 Å². The molecule has 2 nitrogen and oxygen atoms in total. The fraction of sp³-hybridized carbons (Fsp3) is 0.762. The molecule has 23 heavy (non-hydrogen) atoms. The number of hydrogen-bond acceptors (Lipinski definition) is 2. The second kappa shape index (κ2) is 6.83. The predicted molar refractivity (Wildman–Crippen MR) is 96.1 cm³/mol. The van der Waals surface area contributed by atoms with Crippen molar-refractivity contribution >= 4 is 5.78 Å². The molecule has 0 saturated heterocycles. The number of carbonyl (C=O) groups excluding carboxylic acids is 1. The van der Waals surface area contributed by atoms with Crippen molar-refractivity contribution in [1.82, 2.24) is 0 Å². The molecule has 0 radical (unpaired) electrons. The van der Waals surface area contributed by atoms with E-state index in [1.54, 1.807) is 0 Å². The van der Waals surface area contributed by atoms with Crippen molar-refractivity contribution in [2.24, 2.45) is 40.9 Å². The van der Waals surface area contributed by atoms with Gasteiger partial charge in [0.15, 0.2) is 5.78 Å². The molecule has 0 unspecified atom stereocenters. The first-order valence-electron chi connectivity index (χ1n) is 9.30. The molecule has 0 spiro atoms. The van der Waals surface area contributed by atoms with Crippen molar-refractivity contribution < 1.29 is 9.90 Å². The van der Waals surface area contributed by atoms with Crippen molar-refractivity contribution in [1.29, 1.82) is 0 Å². The third-order valence-electron chi connectivity index (χ3n) is 6.80. The van der Waals surface area contributed by atoms with Crippen LogP contribution in [0.3, 0.4) is 0 Å². The summed E-state index contributed by atoms with van der Waals surface area (Å²) in [5.41, 5.74) is 0.974. The second-order valence-electron chi connectivity index (χ2n) is 8.48. The Bertz CT molecular complexity index is 504. The maximum Gasteiger partial charge on any atom is 0.165 e. The molecule has 1 N–H and O–H groups in total. The van der Waals surface area contributed by atoms with Crippen LogP contribution in [0.1, 0.15) is 60.8 Å². The lowest BCUT2D eigenvalue weighted by molar-refractivity contribution is -0.137. The maximum atomic E-state index is 13.1. The monoisotopic (exact) mass is 318 g/mol. The first-order chi connectivity index (χ1) is 10.8. The Morgan fingerprint density at radius 3 is 2.65 bits per heavy atom. The summed E-state index contributed by atoms with van der Waals surface area (Å²) in [6.07, 6.45) is 8.27. The van der Waals surface area contributed by atoms with Gasteiger partial charge in [0.2, 0.25) is 0 Å². The second-order valence-corrected chi connectivity index (χ2v) is 8.48. The molecule has 0 aromatic heterocycles. The lowest BCUT2D eigenvalue weighted by Crippen LogP contribution is -2.53. The molecule has 2 aliphatic carbocycles. The summed E-state index contributed by atoms with van der Waals surface area (Å²) in [5, 5.41) is 9.22.